The van der Waals surface area contributed by atoms with E-state index in [1.54, 1.807) is 12.1 Å². The number of rotatable bonds is 2. The van der Waals surface area contributed by atoms with Gasteiger partial charge in [0.25, 0.3) is 0 Å². The van der Waals surface area contributed by atoms with Gasteiger partial charge < -0.3 is 10.1 Å². The molecule has 0 amide bonds. The maximum atomic E-state index is 12.7. The molecule has 2 fully saturated rings. The smallest absolute Gasteiger partial charge is 0.123 e. The molecule has 92 valence electrons. The van der Waals surface area contributed by atoms with Gasteiger partial charge in [-0.15, -0.1) is 0 Å². The minimum atomic E-state index is -0.208. The van der Waals surface area contributed by atoms with Crippen LogP contribution in [-0.4, -0.2) is 19.2 Å². The highest BCUT2D eigenvalue weighted by atomic mass is 19.1. The molecular weight excluding hydrogens is 217 g/mol. The van der Waals surface area contributed by atoms with Gasteiger partial charge in [-0.1, -0.05) is 0 Å². The van der Waals surface area contributed by atoms with Crippen LogP contribution in [-0.2, 0) is 0 Å². The average Bonchev–Trinajstić information content (AvgIpc) is 2.31. The molecule has 0 aromatic heterocycles. The maximum Gasteiger partial charge on any atom is 0.123 e. The van der Waals surface area contributed by atoms with E-state index in [0.717, 1.165) is 31.7 Å². The molecule has 2 aliphatic rings. The summed E-state index contributed by atoms with van der Waals surface area (Å²) in [5.74, 6) is 0.584. The van der Waals surface area contributed by atoms with Crippen LogP contribution in [0.5, 0.6) is 5.75 Å². The molecule has 1 saturated carbocycles. The molecule has 1 N–H and O–H groups in total. The number of nitrogens with one attached hydrogen (secondary N) is 1. The van der Waals surface area contributed by atoms with E-state index >= 15 is 0 Å². The van der Waals surface area contributed by atoms with Gasteiger partial charge in [0.15, 0.2) is 0 Å². The lowest BCUT2D eigenvalue weighted by Crippen LogP contribution is -2.49. The van der Waals surface area contributed by atoms with Gasteiger partial charge in [-0.25, -0.2) is 4.39 Å². The molecule has 0 atom stereocenters. The van der Waals surface area contributed by atoms with Crippen molar-refractivity contribution in [3.05, 3.63) is 30.1 Å². The third-order valence-corrected chi connectivity index (χ3v) is 4.10. The molecule has 1 aliphatic heterocycles. The van der Waals surface area contributed by atoms with Crippen molar-refractivity contribution < 1.29 is 9.13 Å². The van der Waals surface area contributed by atoms with Crippen molar-refractivity contribution in [1.29, 1.82) is 0 Å². The Bertz CT molecular complexity index is 376. The highest BCUT2D eigenvalue weighted by molar-refractivity contribution is 5.23. The Balaban J connectivity index is 1.54. The summed E-state index contributed by atoms with van der Waals surface area (Å²) in [4.78, 5) is 0. The topological polar surface area (TPSA) is 21.3 Å². The number of benzene rings is 1. The summed E-state index contributed by atoms with van der Waals surface area (Å²) in [7, 11) is 0. The minimum absolute atomic E-state index is 0.208. The maximum absolute atomic E-state index is 12.7. The summed E-state index contributed by atoms with van der Waals surface area (Å²) in [5.41, 5.74) is 0.538. The zero-order valence-corrected chi connectivity index (χ0v) is 9.92. The normalized spacial score (nSPS) is 23.4. The van der Waals surface area contributed by atoms with Crippen molar-refractivity contribution >= 4 is 0 Å². The molecule has 0 bridgehead atoms. The van der Waals surface area contributed by atoms with Crippen LogP contribution < -0.4 is 10.1 Å². The predicted octanol–water partition coefficient (Wildman–Crippen LogP) is 2.74. The highest BCUT2D eigenvalue weighted by Gasteiger charge is 2.45. The molecule has 1 aromatic rings. The van der Waals surface area contributed by atoms with Gasteiger partial charge in [0.05, 0.1) is 6.10 Å². The minimum Gasteiger partial charge on any atom is -0.490 e. The Morgan fingerprint density at radius 2 is 1.76 bits per heavy atom. The molecular formula is C14H18FNO. The van der Waals surface area contributed by atoms with Gasteiger partial charge in [-0.05, 0) is 68.5 Å². The third-order valence-electron chi connectivity index (χ3n) is 4.10. The third kappa shape index (κ3) is 2.29. The predicted molar refractivity (Wildman–Crippen MR) is 64.6 cm³/mol. The number of halogens is 1. The van der Waals surface area contributed by atoms with Crippen LogP contribution in [0, 0.1) is 11.2 Å². The van der Waals surface area contributed by atoms with E-state index in [0.29, 0.717) is 11.5 Å². The van der Waals surface area contributed by atoms with E-state index in [1.807, 2.05) is 0 Å². The Hall–Kier alpha value is -1.09. The number of hydrogen-bond acceptors (Lipinski definition) is 2. The molecule has 0 radical (unpaired) electrons. The fraction of sp³-hybridized carbons (Fsp3) is 0.571. The zero-order valence-electron chi connectivity index (χ0n) is 9.92. The lowest BCUT2D eigenvalue weighted by atomic mass is 9.62. The van der Waals surface area contributed by atoms with Crippen LogP contribution in [0.15, 0.2) is 24.3 Å². The lowest BCUT2D eigenvalue weighted by molar-refractivity contribution is -0.0347. The summed E-state index contributed by atoms with van der Waals surface area (Å²) in [5, 5.41) is 3.40. The first-order chi connectivity index (χ1) is 8.26. The molecule has 0 unspecified atom stereocenters. The van der Waals surface area contributed by atoms with Gasteiger partial charge in [-0.3, -0.25) is 0 Å². The Labute approximate surface area is 101 Å². The number of piperidine rings is 1. The molecule has 3 heteroatoms. The van der Waals surface area contributed by atoms with Crippen LogP contribution >= 0.6 is 0 Å². The van der Waals surface area contributed by atoms with Gasteiger partial charge in [0, 0.05) is 0 Å². The van der Waals surface area contributed by atoms with Crippen molar-refractivity contribution in [3.63, 3.8) is 0 Å². The van der Waals surface area contributed by atoms with Gasteiger partial charge >= 0.3 is 0 Å². The second kappa shape index (κ2) is 4.30. The molecule has 1 aliphatic carbocycles. The summed E-state index contributed by atoms with van der Waals surface area (Å²) >= 11 is 0. The second-order valence-corrected chi connectivity index (χ2v) is 5.35. The first-order valence-electron chi connectivity index (χ1n) is 6.39. The van der Waals surface area contributed by atoms with E-state index in [1.165, 1.54) is 25.0 Å². The van der Waals surface area contributed by atoms with Crippen LogP contribution in [0.25, 0.3) is 0 Å². The van der Waals surface area contributed by atoms with Crippen molar-refractivity contribution in [2.24, 2.45) is 5.41 Å². The van der Waals surface area contributed by atoms with Gasteiger partial charge in [0.1, 0.15) is 11.6 Å². The summed E-state index contributed by atoms with van der Waals surface area (Å²) in [6.45, 7) is 2.28. The SMILES string of the molecule is Fc1ccc(OC2CC3(CCNCC3)C2)cc1. The van der Waals surface area contributed by atoms with E-state index in [-0.39, 0.29) is 5.82 Å². The van der Waals surface area contributed by atoms with Crippen molar-refractivity contribution in [2.45, 2.75) is 31.8 Å². The van der Waals surface area contributed by atoms with Crippen LogP contribution in [0.1, 0.15) is 25.7 Å². The first kappa shape index (κ1) is 11.0. The molecule has 2 nitrogen and oxygen atoms in total. The van der Waals surface area contributed by atoms with Gasteiger partial charge in [0.2, 0.25) is 0 Å². The molecule has 3 rings (SSSR count). The summed E-state index contributed by atoms with van der Waals surface area (Å²) in [6, 6.07) is 6.33. The Morgan fingerprint density at radius 1 is 1.12 bits per heavy atom. The quantitative estimate of drug-likeness (QED) is 0.851. The molecule has 1 aromatic carbocycles. The lowest BCUT2D eigenvalue weighted by Gasteiger charge is -2.49. The summed E-state index contributed by atoms with van der Waals surface area (Å²) < 4.78 is 18.6. The van der Waals surface area contributed by atoms with Crippen LogP contribution in [0.3, 0.4) is 0 Å². The van der Waals surface area contributed by atoms with E-state index in [9.17, 15) is 4.39 Å². The molecule has 1 heterocycles. The largest absolute Gasteiger partial charge is 0.490 e. The van der Waals surface area contributed by atoms with Crippen molar-refractivity contribution in [1.82, 2.24) is 5.32 Å². The standard InChI is InChI=1S/C14H18FNO/c15-11-1-3-12(4-2-11)17-13-9-14(10-13)5-7-16-8-6-14/h1-4,13,16H,5-10H2. The van der Waals surface area contributed by atoms with Crippen molar-refractivity contribution in [2.75, 3.05) is 13.1 Å². The second-order valence-electron chi connectivity index (χ2n) is 5.35. The first-order valence-corrected chi connectivity index (χ1v) is 6.39. The Kier molecular flexibility index (Phi) is 2.79. The molecule has 1 saturated heterocycles. The highest BCUT2D eigenvalue weighted by Crippen LogP contribution is 2.49. The molecule has 1 spiro atoms. The van der Waals surface area contributed by atoms with Crippen LogP contribution in [0.4, 0.5) is 4.39 Å². The monoisotopic (exact) mass is 235 g/mol. The average molecular weight is 235 g/mol. The van der Waals surface area contributed by atoms with E-state index in [4.69, 9.17) is 4.74 Å². The van der Waals surface area contributed by atoms with Crippen LogP contribution in [0.2, 0.25) is 0 Å². The van der Waals surface area contributed by atoms with E-state index < -0.39 is 0 Å². The zero-order chi connectivity index (χ0) is 11.7. The Morgan fingerprint density at radius 3 is 2.41 bits per heavy atom. The fourth-order valence-electron chi connectivity index (χ4n) is 3.06. The van der Waals surface area contributed by atoms with Crippen molar-refractivity contribution in [3.8, 4) is 5.75 Å². The molecule has 17 heavy (non-hydrogen) atoms. The number of hydrogen-bond donors (Lipinski definition) is 1. The fourth-order valence-corrected chi connectivity index (χ4v) is 3.06. The van der Waals surface area contributed by atoms with Gasteiger partial charge in [-0.2, -0.15) is 0 Å². The number of ether oxygens (including phenoxy) is 1. The van der Waals surface area contributed by atoms with E-state index in [2.05, 4.69) is 5.32 Å². The summed E-state index contributed by atoms with van der Waals surface area (Å²) in [6.07, 6.45) is 5.20.